The van der Waals surface area contributed by atoms with Gasteiger partial charge in [0.05, 0.1) is 18.3 Å². The molecular formula is C23H28FN3O5. The van der Waals surface area contributed by atoms with Crippen molar-refractivity contribution in [3.05, 3.63) is 58.4 Å². The van der Waals surface area contributed by atoms with E-state index >= 15 is 0 Å². The van der Waals surface area contributed by atoms with Crippen molar-refractivity contribution in [3.8, 4) is 5.75 Å². The Bertz CT molecular complexity index is 968. The summed E-state index contributed by atoms with van der Waals surface area (Å²) >= 11 is 0. The molecule has 1 aromatic heterocycles. The van der Waals surface area contributed by atoms with Crippen molar-refractivity contribution in [3.63, 3.8) is 0 Å². The zero-order chi connectivity index (χ0) is 22.3. The molecule has 9 heteroatoms. The van der Waals surface area contributed by atoms with Crippen LogP contribution in [0.3, 0.4) is 0 Å². The second-order valence-corrected chi connectivity index (χ2v) is 8.02. The van der Waals surface area contributed by atoms with Crippen LogP contribution in [0.4, 0.5) is 10.1 Å². The van der Waals surface area contributed by atoms with E-state index in [4.69, 9.17) is 13.9 Å². The number of benzene rings is 1. The van der Waals surface area contributed by atoms with Gasteiger partial charge in [0.1, 0.15) is 17.8 Å². The molecule has 1 amide bonds. The molecule has 1 N–H and O–H groups in total. The number of hydrogen-bond acceptors (Lipinski definition) is 7. The Morgan fingerprint density at radius 2 is 2.03 bits per heavy atom. The van der Waals surface area contributed by atoms with Gasteiger partial charge < -0.3 is 24.1 Å². The van der Waals surface area contributed by atoms with E-state index in [1.807, 2.05) is 11.0 Å². The summed E-state index contributed by atoms with van der Waals surface area (Å²) in [6.45, 7) is 4.21. The predicted octanol–water partition coefficient (Wildman–Crippen LogP) is 1.78. The second-order valence-electron chi connectivity index (χ2n) is 8.02. The molecule has 8 nitrogen and oxygen atoms in total. The summed E-state index contributed by atoms with van der Waals surface area (Å²) in [6.07, 6.45) is 3.24. The van der Waals surface area contributed by atoms with Gasteiger partial charge in [0.15, 0.2) is 6.61 Å². The minimum Gasteiger partial charge on any atom is -0.477 e. The first-order chi connectivity index (χ1) is 15.6. The van der Waals surface area contributed by atoms with Gasteiger partial charge >= 0.3 is 0 Å². The highest BCUT2D eigenvalue weighted by atomic mass is 19.1. The van der Waals surface area contributed by atoms with Crippen LogP contribution in [0.5, 0.6) is 5.75 Å². The van der Waals surface area contributed by atoms with Gasteiger partial charge in [-0.1, -0.05) is 12.1 Å². The lowest BCUT2D eigenvalue weighted by Gasteiger charge is -2.35. The van der Waals surface area contributed by atoms with Crippen molar-refractivity contribution >= 4 is 11.6 Å². The zero-order valence-electron chi connectivity index (χ0n) is 17.9. The van der Waals surface area contributed by atoms with Crippen LogP contribution in [0.1, 0.15) is 18.6 Å². The third kappa shape index (κ3) is 5.86. The lowest BCUT2D eigenvalue weighted by molar-refractivity contribution is -0.123. The highest BCUT2D eigenvalue weighted by molar-refractivity contribution is 5.77. The van der Waals surface area contributed by atoms with Crippen LogP contribution in [0, 0.1) is 5.82 Å². The number of carbonyl (C=O) groups excluding carboxylic acids is 1. The van der Waals surface area contributed by atoms with Crippen LogP contribution >= 0.6 is 0 Å². The van der Waals surface area contributed by atoms with Gasteiger partial charge in [-0.2, -0.15) is 0 Å². The summed E-state index contributed by atoms with van der Waals surface area (Å²) in [5.41, 5.74) is 0.281. The number of amides is 1. The molecule has 1 atom stereocenters. The van der Waals surface area contributed by atoms with Crippen LogP contribution in [0.25, 0.3) is 0 Å². The summed E-state index contributed by atoms with van der Waals surface area (Å²) in [5, 5.41) is 2.74. The maximum atomic E-state index is 14.0. The molecule has 2 fully saturated rings. The molecule has 172 valence electrons. The number of piperazine rings is 1. The van der Waals surface area contributed by atoms with E-state index in [2.05, 4.69) is 10.2 Å². The van der Waals surface area contributed by atoms with Gasteiger partial charge in [-0.3, -0.25) is 14.5 Å². The summed E-state index contributed by atoms with van der Waals surface area (Å²) in [4.78, 5) is 28.4. The summed E-state index contributed by atoms with van der Waals surface area (Å²) in [7, 11) is 0. The fourth-order valence-electron chi connectivity index (χ4n) is 3.93. The van der Waals surface area contributed by atoms with E-state index in [1.165, 1.54) is 18.4 Å². The summed E-state index contributed by atoms with van der Waals surface area (Å²) in [5.74, 6) is -0.00491. The smallest absolute Gasteiger partial charge is 0.258 e. The lowest BCUT2D eigenvalue weighted by Crippen LogP contribution is -2.46. The fourth-order valence-corrected chi connectivity index (χ4v) is 3.93. The number of hydrogen-bond donors (Lipinski definition) is 1. The molecule has 0 spiro atoms. The summed E-state index contributed by atoms with van der Waals surface area (Å²) in [6, 6.07) is 8.15. The van der Waals surface area contributed by atoms with Gasteiger partial charge in [0.25, 0.3) is 5.91 Å². The van der Waals surface area contributed by atoms with Gasteiger partial charge in [-0.15, -0.1) is 0 Å². The Kier molecular flexibility index (Phi) is 7.39. The van der Waals surface area contributed by atoms with Gasteiger partial charge in [0.2, 0.25) is 11.2 Å². The Morgan fingerprint density at radius 1 is 1.22 bits per heavy atom. The number of para-hydroxylation sites is 1. The van der Waals surface area contributed by atoms with Gasteiger partial charge in [0, 0.05) is 45.4 Å². The first kappa shape index (κ1) is 22.3. The number of halogens is 1. The second kappa shape index (κ2) is 10.6. The molecule has 0 unspecified atom stereocenters. The molecule has 3 heterocycles. The number of ether oxygens (including phenoxy) is 2. The normalized spacial score (nSPS) is 19.2. The van der Waals surface area contributed by atoms with Crippen molar-refractivity contribution < 1.29 is 23.1 Å². The number of rotatable bonds is 8. The van der Waals surface area contributed by atoms with E-state index in [1.54, 1.807) is 12.1 Å². The quantitative estimate of drug-likeness (QED) is 0.663. The molecular weight excluding hydrogens is 417 g/mol. The van der Waals surface area contributed by atoms with Crippen molar-refractivity contribution in [2.75, 3.05) is 50.8 Å². The highest BCUT2D eigenvalue weighted by Gasteiger charge is 2.20. The van der Waals surface area contributed by atoms with Gasteiger partial charge in [-0.05, 0) is 25.0 Å². The Morgan fingerprint density at radius 3 is 2.75 bits per heavy atom. The average Bonchev–Trinajstić information content (AvgIpc) is 3.32. The molecule has 2 saturated heterocycles. The number of nitrogens with zero attached hydrogens (tertiary/aromatic N) is 2. The first-order valence-electron chi connectivity index (χ1n) is 10.9. The van der Waals surface area contributed by atoms with Crippen molar-refractivity contribution in [1.82, 2.24) is 10.2 Å². The third-order valence-electron chi connectivity index (χ3n) is 5.71. The van der Waals surface area contributed by atoms with E-state index in [0.717, 1.165) is 32.5 Å². The van der Waals surface area contributed by atoms with E-state index in [-0.39, 0.29) is 35.6 Å². The van der Waals surface area contributed by atoms with E-state index in [0.29, 0.717) is 37.6 Å². The zero-order valence-corrected chi connectivity index (χ0v) is 17.9. The molecule has 4 rings (SSSR count). The van der Waals surface area contributed by atoms with Gasteiger partial charge in [-0.25, -0.2) is 4.39 Å². The number of nitrogens with one attached hydrogen (secondary N) is 1. The molecule has 32 heavy (non-hydrogen) atoms. The highest BCUT2D eigenvalue weighted by Crippen LogP contribution is 2.21. The molecule has 0 bridgehead atoms. The minimum atomic E-state index is -0.330. The van der Waals surface area contributed by atoms with E-state index in [9.17, 15) is 14.0 Å². The molecule has 2 aliphatic rings. The Hall–Kier alpha value is -2.91. The largest absolute Gasteiger partial charge is 0.477 e. The van der Waals surface area contributed by atoms with Crippen molar-refractivity contribution in [2.24, 2.45) is 0 Å². The van der Waals surface area contributed by atoms with Crippen LogP contribution < -0.4 is 20.4 Å². The first-order valence-corrected chi connectivity index (χ1v) is 10.9. The minimum absolute atomic E-state index is 0.00499. The third-order valence-corrected chi connectivity index (χ3v) is 5.71. The average molecular weight is 445 g/mol. The Labute approximate surface area is 185 Å². The van der Waals surface area contributed by atoms with E-state index < -0.39 is 0 Å². The standard InChI is InChI=1S/C23H28FN3O5/c24-19-5-1-2-6-20(19)27-9-7-26(8-10-27)14-18-12-21(28)22(15-31-18)32-16-23(29)25-13-17-4-3-11-30-17/h1-2,5-6,12,15,17H,3-4,7-11,13-14,16H2,(H,25,29)/t17-/m0/s1. The van der Waals surface area contributed by atoms with Crippen molar-refractivity contribution in [1.29, 1.82) is 0 Å². The predicted molar refractivity (Wildman–Crippen MR) is 116 cm³/mol. The molecule has 0 radical (unpaired) electrons. The molecule has 0 saturated carbocycles. The van der Waals surface area contributed by atoms with Crippen LogP contribution in [-0.4, -0.2) is 62.8 Å². The van der Waals surface area contributed by atoms with Crippen LogP contribution in [0.2, 0.25) is 0 Å². The topological polar surface area (TPSA) is 84.2 Å². The molecule has 2 aliphatic heterocycles. The molecule has 0 aliphatic carbocycles. The SMILES string of the molecule is O=C(COc1coc(CN2CCN(c3ccccc3F)CC2)cc1=O)NC[C@@H]1CCCO1. The molecule has 2 aromatic rings. The fraction of sp³-hybridized carbons (Fsp3) is 0.478. The van der Waals surface area contributed by atoms with Crippen LogP contribution in [0.15, 0.2) is 45.8 Å². The van der Waals surface area contributed by atoms with Crippen LogP contribution in [-0.2, 0) is 16.1 Å². The molecule has 1 aromatic carbocycles. The maximum absolute atomic E-state index is 14.0. The number of carbonyl (C=O) groups is 1. The number of anilines is 1. The Balaban J connectivity index is 1.22. The monoisotopic (exact) mass is 445 g/mol. The lowest BCUT2D eigenvalue weighted by atomic mass is 10.2. The maximum Gasteiger partial charge on any atom is 0.258 e. The van der Waals surface area contributed by atoms with Crippen molar-refractivity contribution in [2.45, 2.75) is 25.5 Å². The summed E-state index contributed by atoms with van der Waals surface area (Å²) < 4.78 is 30.3.